The largest absolute Gasteiger partial charge is 0.508 e. The van der Waals surface area contributed by atoms with Crippen molar-refractivity contribution in [3.05, 3.63) is 29.8 Å². The maximum absolute atomic E-state index is 11.8. The standard InChI is InChI=1S/C13H17N3O2/c1-16-8-6-11(7-9-16)14-15-13(18)10-2-4-12(17)5-3-10/h2-5,17H,6-9H2,1H3,(H,15,18). The average Bonchev–Trinajstić information content (AvgIpc) is 2.38. The van der Waals surface area contributed by atoms with Gasteiger partial charge in [-0.3, -0.25) is 4.79 Å². The van der Waals surface area contributed by atoms with E-state index in [1.165, 1.54) is 12.1 Å². The van der Waals surface area contributed by atoms with E-state index in [1.54, 1.807) is 12.1 Å². The lowest BCUT2D eigenvalue weighted by Crippen LogP contribution is -2.32. The van der Waals surface area contributed by atoms with Crippen LogP contribution in [0.4, 0.5) is 0 Å². The third kappa shape index (κ3) is 3.30. The van der Waals surface area contributed by atoms with Crippen LogP contribution >= 0.6 is 0 Å². The Labute approximate surface area is 106 Å². The first-order chi connectivity index (χ1) is 8.65. The van der Waals surface area contributed by atoms with Gasteiger partial charge in [0.25, 0.3) is 5.91 Å². The maximum Gasteiger partial charge on any atom is 0.271 e. The van der Waals surface area contributed by atoms with Crippen molar-refractivity contribution in [2.75, 3.05) is 20.1 Å². The highest BCUT2D eigenvalue weighted by Gasteiger charge is 2.11. The van der Waals surface area contributed by atoms with Crippen LogP contribution in [0.15, 0.2) is 29.4 Å². The maximum atomic E-state index is 11.8. The average molecular weight is 247 g/mol. The van der Waals surface area contributed by atoms with Crippen LogP contribution in [0.2, 0.25) is 0 Å². The summed E-state index contributed by atoms with van der Waals surface area (Å²) in [5.41, 5.74) is 4.07. The Morgan fingerprint density at radius 3 is 2.50 bits per heavy atom. The minimum absolute atomic E-state index is 0.146. The van der Waals surface area contributed by atoms with E-state index in [2.05, 4.69) is 22.5 Å². The second kappa shape index (κ2) is 5.64. The molecule has 1 aliphatic heterocycles. The van der Waals surface area contributed by atoms with E-state index in [4.69, 9.17) is 5.11 Å². The summed E-state index contributed by atoms with van der Waals surface area (Å²) in [7, 11) is 2.08. The summed E-state index contributed by atoms with van der Waals surface area (Å²) in [6, 6.07) is 6.11. The van der Waals surface area contributed by atoms with Gasteiger partial charge in [-0.2, -0.15) is 5.10 Å². The molecule has 0 radical (unpaired) electrons. The Balaban J connectivity index is 1.92. The second-order valence-electron chi connectivity index (χ2n) is 4.47. The summed E-state index contributed by atoms with van der Waals surface area (Å²) in [5.74, 6) is -0.102. The van der Waals surface area contributed by atoms with E-state index in [1.807, 2.05) is 0 Å². The Bertz CT molecular complexity index is 444. The van der Waals surface area contributed by atoms with Crippen molar-refractivity contribution in [2.45, 2.75) is 12.8 Å². The number of amides is 1. The molecule has 0 atom stereocenters. The number of hydrogen-bond donors (Lipinski definition) is 2. The van der Waals surface area contributed by atoms with Gasteiger partial charge < -0.3 is 10.0 Å². The molecule has 1 saturated heterocycles. The summed E-state index contributed by atoms with van der Waals surface area (Å²) in [4.78, 5) is 14.0. The molecule has 0 unspecified atom stereocenters. The van der Waals surface area contributed by atoms with Crippen LogP contribution in [0, 0.1) is 0 Å². The van der Waals surface area contributed by atoms with Crippen molar-refractivity contribution in [2.24, 2.45) is 5.10 Å². The summed E-state index contributed by atoms with van der Waals surface area (Å²) >= 11 is 0. The van der Waals surface area contributed by atoms with Gasteiger partial charge in [0.1, 0.15) is 5.75 Å². The first kappa shape index (κ1) is 12.6. The number of carbonyl (C=O) groups is 1. The Morgan fingerprint density at radius 1 is 1.28 bits per heavy atom. The summed E-state index contributed by atoms with van der Waals surface area (Å²) in [5, 5.41) is 13.3. The molecular weight excluding hydrogens is 230 g/mol. The van der Waals surface area contributed by atoms with Crippen LogP contribution in [-0.4, -0.2) is 41.8 Å². The number of nitrogens with one attached hydrogen (secondary N) is 1. The number of piperidine rings is 1. The zero-order valence-corrected chi connectivity index (χ0v) is 10.4. The monoisotopic (exact) mass is 247 g/mol. The SMILES string of the molecule is CN1CCC(=NNC(=O)c2ccc(O)cc2)CC1. The smallest absolute Gasteiger partial charge is 0.271 e. The summed E-state index contributed by atoms with van der Waals surface area (Å²) in [6.45, 7) is 1.96. The fourth-order valence-electron chi connectivity index (χ4n) is 1.80. The lowest BCUT2D eigenvalue weighted by atomic mass is 10.1. The molecule has 1 aromatic carbocycles. The molecule has 5 heteroatoms. The molecule has 2 N–H and O–H groups in total. The van der Waals surface area contributed by atoms with Crippen LogP contribution in [0.3, 0.4) is 0 Å². The van der Waals surface area contributed by atoms with Crippen LogP contribution in [0.5, 0.6) is 5.75 Å². The molecule has 1 heterocycles. The normalized spacial score (nSPS) is 16.4. The molecule has 0 spiro atoms. The van der Waals surface area contributed by atoms with Crippen LogP contribution in [0.25, 0.3) is 0 Å². The van der Waals surface area contributed by atoms with E-state index in [0.717, 1.165) is 31.6 Å². The summed E-state index contributed by atoms with van der Waals surface area (Å²) < 4.78 is 0. The molecule has 18 heavy (non-hydrogen) atoms. The Hall–Kier alpha value is -1.88. The highest BCUT2D eigenvalue weighted by Crippen LogP contribution is 2.09. The Morgan fingerprint density at radius 2 is 1.89 bits per heavy atom. The van der Waals surface area contributed by atoms with Crippen molar-refractivity contribution >= 4 is 11.6 Å². The zero-order valence-electron chi connectivity index (χ0n) is 10.4. The number of benzene rings is 1. The van der Waals surface area contributed by atoms with E-state index < -0.39 is 0 Å². The minimum atomic E-state index is -0.249. The quantitative estimate of drug-likeness (QED) is 0.772. The Kier molecular flexibility index (Phi) is 3.94. The second-order valence-corrected chi connectivity index (χ2v) is 4.47. The number of rotatable bonds is 2. The topological polar surface area (TPSA) is 64.9 Å². The first-order valence-electron chi connectivity index (χ1n) is 5.98. The molecule has 0 bridgehead atoms. The van der Waals surface area contributed by atoms with Gasteiger partial charge in [-0.15, -0.1) is 0 Å². The van der Waals surface area contributed by atoms with Crippen LogP contribution in [-0.2, 0) is 0 Å². The lowest BCUT2D eigenvalue weighted by Gasteiger charge is -2.22. The number of hydrogen-bond acceptors (Lipinski definition) is 4. The van der Waals surface area contributed by atoms with Gasteiger partial charge in [0, 0.05) is 37.2 Å². The number of aromatic hydroxyl groups is 1. The van der Waals surface area contributed by atoms with Gasteiger partial charge in [-0.25, -0.2) is 5.43 Å². The van der Waals surface area contributed by atoms with E-state index in [9.17, 15) is 4.79 Å². The van der Waals surface area contributed by atoms with Crippen LogP contribution in [0.1, 0.15) is 23.2 Å². The molecule has 0 aliphatic carbocycles. The third-order valence-electron chi connectivity index (χ3n) is 3.01. The van der Waals surface area contributed by atoms with E-state index in [-0.39, 0.29) is 11.7 Å². The zero-order chi connectivity index (χ0) is 13.0. The van der Waals surface area contributed by atoms with Crippen molar-refractivity contribution in [3.8, 4) is 5.75 Å². The lowest BCUT2D eigenvalue weighted by molar-refractivity contribution is 0.0954. The fourth-order valence-corrected chi connectivity index (χ4v) is 1.80. The molecular formula is C13H17N3O2. The molecule has 5 nitrogen and oxygen atoms in total. The van der Waals surface area contributed by atoms with Gasteiger partial charge in [-0.05, 0) is 31.3 Å². The summed E-state index contributed by atoms with van der Waals surface area (Å²) in [6.07, 6.45) is 1.79. The molecule has 1 aromatic rings. The highest BCUT2D eigenvalue weighted by atomic mass is 16.3. The van der Waals surface area contributed by atoms with Gasteiger partial charge in [0.05, 0.1) is 0 Å². The van der Waals surface area contributed by atoms with E-state index >= 15 is 0 Å². The highest BCUT2D eigenvalue weighted by molar-refractivity contribution is 5.95. The molecule has 96 valence electrons. The predicted molar refractivity (Wildman–Crippen MR) is 69.7 cm³/mol. The minimum Gasteiger partial charge on any atom is -0.508 e. The molecule has 1 fully saturated rings. The van der Waals surface area contributed by atoms with Crippen molar-refractivity contribution in [1.29, 1.82) is 0 Å². The molecule has 0 aromatic heterocycles. The number of nitrogens with zero attached hydrogens (tertiary/aromatic N) is 2. The number of hydrazone groups is 1. The fraction of sp³-hybridized carbons (Fsp3) is 0.385. The van der Waals surface area contributed by atoms with E-state index in [0.29, 0.717) is 5.56 Å². The van der Waals surface area contributed by atoms with Crippen LogP contribution < -0.4 is 5.43 Å². The number of phenols is 1. The molecule has 1 amide bonds. The number of likely N-dealkylation sites (tertiary alicyclic amines) is 1. The first-order valence-corrected chi connectivity index (χ1v) is 5.98. The third-order valence-corrected chi connectivity index (χ3v) is 3.01. The molecule has 0 saturated carbocycles. The predicted octanol–water partition coefficient (Wildman–Crippen LogP) is 1.20. The molecule has 2 rings (SSSR count). The number of phenolic OH excluding ortho intramolecular Hbond substituents is 1. The number of carbonyl (C=O) groups excluding carboxylic acids is 1. The van der Waals surface area contributed by atoms with Gasteiger partial charge in [0.15, 0.2) is 0 Å². The van der Waals surface area contributed by atoms with Crippen molar-refractivity contribution < 1.29 is 9.90 Å². The van der Waals surface area contributed by atoms with Gasteiger partial charge in [0.2, 0.25) is 0 Å². The van der Waals surface area contributed by atoms with Gasteiger partial charge >= 0.3 is 0 Å². The molecule has 1 aliphatic rings. The van der Waals surface area contributed by atoms with Crippen molar-refractivity contribution in [3.63, 3.8) is 0 Å². The van der Waals surface area contributed by atoms with Gasteiger partial charge in [-0.1, -0.05) is 0 Å². The van der Waals surface area contributed by atoms with Crippen molar-refractivity contribution in [1.82, 2.24) is 10.3 Å².